The lowest BCUT2D eigenvalue weighted by Gasteiger charge is -2.41. The average molecular weight is 242 g/mol. The third kappa shape index (κ3) is 1.89. The molecule has 0 spiro atoms. The molecule has 2 unspecified atom stereocenters. The Bertz CT molecular complexity index is 326. The first-order chi connectivity index (χ1) is 8.85. The Morgan fingerprint density at radius 3 is 2.22 bits per heavy atom. The molecule has 4 aliphatic rings. The Kier molecular flexibility index (Phi) is 2.85. The van der Waals surface area contributed by atoms with Crippen molar-refractivity contribution in [3.63, 3.8) is 0 Å². The van der Waals surface area contributed by atoms with E-state index < -0.39 is 0 Å². The van der Waals surface area contributed by atoms with Crippen LogP contribution in [0.1, 0.15) is 64.2 Å². The Labute approximate surface area is 113 Å². The lowest BCUT2D eigenvalue weighted by Crippen LogP contribution is -2.35. The van der Waals surface area contributed by atoms with E-state index in [1.807, 2.05) is 0 Å². The van der Waals surface area contributed by atoms with Gasteiger partial charge in [0.15, 0.2) is 0 Å². The molecule has 0 nitrogen and oxygen atoms in total. The van der Waals surface area contributed by atoms with Crippen LogP contribution in [0.15, 0.2) is 12.2 Å². The van der Waals surface area contributed by atoms with Gasteiger partial charge in [-0.3, -0.25) is 0 Å². The number of fused-ring (bicyclic) bond motifs is 4. The first-order valence-corrected chi connectivity index (χ1v) is 8.54. The summed E-state index contributed by atoms with van der Waals surface area (Å²) in [4.78, 5) is 0. The summed E-state index contributed by atoms with van der Waals surface area (Å²) in [5.41, 5.74) is 0.677. The third-order valence-electron chi connectivity index (χ3n) is 6.89. The summed E-state index contributed by atoms with van der Waals surface area (Å²) in [6, 6.07) is 0. The molecule has 0 radical (unpaired) electrons. The van der Waals surface area contributed by atoms with Crippen LogP contribution in [0, 0.1) is 11.3 Å². The van der Waals surface area contributed by atoms with Gasteiger partial charge in [0, 0.05) is 0 Å². The third-order valence-corrected chi connectivity index (χ3v) is 6.89. The normalized spacial score (nSPS) is 45.8. The van der Waals surface area contributed by atoms with Crippen LogP contribution in [-0.2, 0) is 0 Å². The van der Waals surface area contributed by atoms with Crippen molar-refractivity contribution in [3.8, 4) is 0 Å². The maximum Gasteiger partial charge on any atom is 0.146 e. The van der Waals surface area contributed by atoms with Crippen molar-refractivity contribution in [1.82, 2.24) is 0 Å². The van der Waals surface area contributed by atoms with E-state index >= 15 is 0 Å². The van der Waals surface area contributed by atoms with Crippen LogP contribution >= 0.6 is 0 Å². The summed E-state index contributed by atoms with van der Waals surface area (Å²) in [5, 5.41) is 0. The topological polar surface area (TPSA) is 0 Å². The molecule has 2 atom stereocenters. The highest BCUT2D eigenvalue weighted by Crippen LogP contribution is 2.54. The maximum absolute atomic E-state index is 2.61. The lowest BCUT2D eigenvalue weighted by molar-refractivity contribution is 0.377. The Morgan fingerprint density at radius 1 is 1.00 bits per heavy atom. The van der Waals surface area contributed by atoms with Crippen molar-refractivity contribution in [3.05, 3.63) is 12.2 Å². The van der Waals surface area contributed by atoms with E-state index in [1.165, 1.54) is 25.7 Å². The van der Waals surface area contributed by atoms with Crippen molar-refractivity contribution in [1.29, 1.82) is 0 Å². The molecule has 1 saturated carbocycles. The molecule has 0 aromatic rings. The largest absolute Gasteiger partial charge is 0.146 e. The number of allylic oxidation sites excluding steroid dienone is 2. The predicted molar refractivity (Wildman–Crippen MR) is 79.3 cm³/mol. The smallest absolute Gasteiger partial charge is 0.0848 e. The highest BCUT2D eigenvalue weighted by Gasteiger charge is 2.43. The van der Waals surface area contributed by atoms with Crippen molar-refractivity contribution in [2.45, 2.75) is 82.2 Å². The van der Waals surface area contributed by atoms with Crippen LogP contribution in [-0.4, -0.2) is 6.71 Å². The van der Waals surface area contributed by atoms with Crippen LogP contribution in [0.2, 0.25) is 18.0 Å². The molecule has 98 valence electrons. The second-order valence-corrected chi connectivity index (χ2v) is 7.81. The van der Waals surface area contributed by atoms with E-state index in [9.17, 15) is 0 Å². The SMILES string of the molecule is C1=CC2(CCB3C4CCCC3CCC4)CCC1C2. The maximum atomic E-state index is 2.61. The van der Waals surface area contributed by atoms with Gasteiger partial charge in [-0.2, -0.15) is 0 Å². The van der Waals surface area contributed by atoms with Gasteiger partial charge in [-0.25, -0.2) is 0 Å². The quantitative estimate of drug-likeness (QED) is 0.463. The Morgan fingerprint density at radius 2 is 1.72 bits per heavy atom. The summed E-state index contributed by atoms with van der Waals surface area (Å²) >= 11 is 0. The molecule has 2 aliphatic heterocycles. The molecule has 2 aliphatic carbocycles. The second kappa shape index (κ2) is 4.42. The van der Waals surface area contributed by atoms with E-state index in [4.69, 9.17) is 0 Å². The van der Waals surface area contributed by atoms with Gasteiger partial charge in [-0.15, -0.1) is 0 Å². The van der Waals surface area contributed by atoms with Gasteiger partial charge in [0.25, 0.3) is 0 Å². The number of rotatable bonds is 3. The van der Waals surface area contributed by atoms with Crippen LogP contribution in [0.4, 0.5) is 0 Å². The zero-order valence-corrected chi connectivity index (χ0v) is 11.7. The van der Waals surface area contributed by atoms with Gasteiger partial charge in [0.1, 0.15) is 6.71 Å². The van der Waals surface area contributed by atoms with Gasteiger partial charge < -0.3 is 0 Å². The first kappa shape index (κ1) is 11.6. The zero-order chi connectivity index (χ0) is 12.0. The molecular formula is C17H27B. The van der Waals surface area contributed by atoms with E-state index in [0.29, 0.717) is 5.41 Å². The van der Waals surface area contributed by atoms with Gasteiger partial charge >= 0.3 is 0 Å². The fraction of sp³-hybridized carbons (Fsp3) is 0.882. The van der Waals surface area contributed by atoms with Crippen molar-refractivity contribution in [2.24, 2.45) is 11.3 Å². The number of hydrogen-bond acceptors (Lipinski definition) is 0. The molecule has 0 amide bonds. The molecule has 2 heterocycles. The highest BCUT2D eigenvalue weighted by atomic mass is 14.4. The second-order valence-electron chi connectivity index (χ2n) is 7.81. The van der Waals surface area contributed by atoms with Gasteiger partial charge in [0.2, 0.25) is 0 Å². The van der Waals surface area contributed by atoms with Gasteiger partial charge in [-0.05, 0) is 30.6 Å². The minimum Gasteiger partial charge on any atom is -0.0848 e. The Balaban J connectivity index is 1.41. The highest BCUT2D eigenvalue weighted by molar-refractivity contribution is 6.62. The monoisotopic (exact) mass is 242 g/mol. The summed E-state index contributed by atoms with van der Waals surface area (Å²) in [5.74, 6) is 3.21. The summed E-state index contributed by atoms with van der Waals surface area (Å²) < 4.78 is 0. The molecule has 3 fully saturated rings. The number of hydrogen-bond donors (Lipinski definition) is 0. The minimum atomic E-state index is 0.677. The molecule has 4 bridgehead atoms. The van der Waals surface area contributed by atoms with E-state index in [2.05, 4.69) is 12.2 Å². The molecular weight excluding hydrogens is 215 g/mol. The van der Waals surface area contributed by atoms with Crippen molar-refractivity contribution >= 4 is 6.71 Å². The summed E-state index contributed by atoms with van der Waals surface area (Å²) in [6.07, 6.45) is 22.1. The molecule has 18 heavy (non-hydrogen) atoms. The molecule has 2 saturated heterocycles. The van der Waals surface area contributed by atoms with Crippen LogP contribution in [0.25, 0.3) is 0 Å². The molecule has 0 aromatic carbocycles. The first-order valence-electron chi connectivity index (χ1n) is 8.54. The molecule has 1 heteroatoms. The van der Waals surface area contributed by atoms with E-state index in [-0.39, 0.29) is 0 Å². The van der Waals surface area contributed by atoms with Crippen LogP contribution < -0.4 is 0 Å². The van der Waals surface area contributed by atoms with Gasteiger partial charge in [0.05, 0.1) is 0 Å². The molecule has 0 N–H and O–H groups in total. The average Bonchev–Trinajstić information content (AvgIpc) is 2.96. The van der Waals surface area contributed by atoms with Crippen molar-refractivity contribution < 1.29 is 0 Å². The van der Waals surface area contributed by atoms with Crippen LogP contribution in [0.3, 0.4) is 0 Å². The zero-order valence-electron chi connectivity index (χ0n) is 11.7. The fourth-order valence-corrected chi connectivity index (χ4v) is 5.91. The van der Waals surface area contributed by atoms with Gasteiger partial charge in [-0.1, -0.05) is 75.1 Å². The molecule has 4 rings (SSSR count). The standard InChI is InChI=1S/C17H27B/c1-3-15-5-2-6-16(4-1)18(15)12-11-17-9-7-14(13-17)8-10-17/h7,9,14-16H,1-6,8,10-13H2. The van der Waals surface area contributed by atoms with E-state index in [0.717, 1.165) is 24.3 Å². The summed E-state index contributed by atoms with van der Waals surface area (Å²) in [6.45, 7) is 1.12. The van der Waals surface area contributed by atoms with E-state index in [1.54, 1.807) is 44.8 Å². The molecule has 0 aromatic heterocycles. The van der Waals surface area contributed by atoms with Crippen molar-refractivity contribution in [2.75, 3.05) is 0 Å². The fourth-order valence-electron chi connectivity index (χ4n) is 5.91. The Hall–Kier alpha value is -0.195. The predicted octanol–water partition coefficient (Wildman–Crippen LogP) is 5.34. The summed E-state index contributed by atoms with van der Waals surface area (Å²) in [7, 11) is 0. The lowest BCUT2D eigenvalue weighted by atomic mass is 9.25. The minimum absolute atomic E-state index is 0.677. The van der Waals surface area contributed by atoms with Crippen LogP contribution in [0.5, 0.6) is 0 Å².